The van der Waals surface area contributed by atoms with Gasteiger partial charge in [0.25, 0.3) is 0 Å². The van der Waals surface area contributed by atoms with Crippen LogP contribution in [0, 0.1) is 17.8 Å². The van der Waals surface area contributed by atoms with Crippen molar-refractivity contribution in [1.29, 1.82) is 0 Å². The van der Waals surface area contributed by atoms with Gasteiger partial charge in [-0.3, -0.25) is 9.59 Å². The standard InChI is InChI=1S/C35H58INO8/c1-4-5-11-24(2)20-25(43-34-14-6-8-18-41-34)16-17-26-27-21-31(28(36)12-10-13-32(38)37-23-33(39)40-3)44-30(27)22-29(26)45-35-15-7-9-19-42-35/h16-17,24-31,34-35H,4-15,18-23H2,1-3H3,(H,37,38)/b17-16+/t24-,25-,26+,27+,28?,29+,30+,31?,34?,35?/m0/s1. The van der Waals surface area contributed by atoms with Gasteiger partial charge in [-0.2, -0.15) is 0 Å². The lowest BCUT2D eigenvalue weighted by Crippen LogP contribution is -2.32. The van der Waals surface area contributed by atoms with Crippen molar-refractivity contribution in [3.05, 3.63) is 12.2 Å². The van der Waals surface area contributed by atoms with Gasteiger partial charge in [0.2, 0.25) is 5.91 Å². The molecule has 3 heterocycles. The minimum atomic E-state index is -0.437. The summed E-state index contributed by atoms with van der Waals surface area (Å²) in [7, 11) is 1.32. The average molecular weight is 748 g/mol. The van der Waals surface area contributed by atoms with Crippen molar-refractivity contribution in [2.24, 2.45) is 17.8 Å². The zero-order valence-electron chi connectivity index (χ0n) is 27.8. The molecule has 1 N–H and O–H groups in total. The van der Waals surface area contributed by atoms with Crippen molar-refractivity contribution in [1.82, 2.24) is 5.32 Å². The maximum atomic E-state index is 12.1. The number of nitrogens with one attached hydrogen (secondary N) is 1. The number of halogens is 1. The van der Waals surface area contributed by atoms with E-state index in [0.717, 1.165) is 83.8 Å². The van der Waals surface area contributed by atoms with Crippen molar-refractivity contribution in [2.75, 3.05) is 26.9 Å². The second kappa shape index (κ2) is 19.9. The number of carbonyl (C=O) groups is 2. The summed E-state index contributed by atoms with van der Waals surface area (Å²) in [6, 6.07) is 0. The molecule has 10 heteroatoms. The van der Waals surface area contributed by atoms with E-state index in [9.17, 15) is 9.59 Å². The Labute approximate surface area is 284 Å². The molecule has 0 bridgehead atoms. The molecule has 258 valence electrons. The molecular formula is C35H58INO8. The predicted octanol–water partition coefficient (Wildman–Crippen LogP) is 6.64. The quantitative estimate of drug-likeness (QED) is 0.0722. The smallest absolute Gasteiger partial charge is 0.325 e. The van der Waals surface area contributed by atoms with Gasteiger partial charge in [0.05, 0.1) is 31.5 Å². The van der Waals surface area contributed by atoms with Crippen molar-refractivity contribution in [2.45, 2.75) is 151 Å². The van der Waals surface area contributed by atoms with Gasteiger partial charge in [-0.05, 0) is 76.0 Å². The van der Waals surface area contributed by atoms with Crippen LogP contribution in [0.2, 0.25) is 0 Å². The first-order chi connectivity index (χ1) is 21.9. The summed E-state index contributed by atoms with van der Waals surface area (Å²) in [4.78, 5) is 23.4. The van der Waals surface area contributed by atoms with Crippen LogP contribution in [0.25, 0.3) is 0 Å². The van der Waals surface area contributed by atoms with E-state index in [2.05, 4.69) is 58.6 Å². The van der Waals surface area contributed by atoms with Crippen molar-refractivity contribution < 1.29 is 38.0 Å². The maximum absolute atomic E-state index is 12.1. The van der Waals surface area contributed by atoms with E-state index in [4.69, 9.17) is 23.7 Å². The molecule has 1 aliphatic carbocycles. The highest BCUT2D eigenvalue weighted by atomic mass is 127. The van der Waals surface area contributed by atoms with E-state index in [0.29, 0.717) is 22.2 Å². The van der Waals surface area contributed by atoms with Crippen LogP contribution in [0.4, 0.5) is 0 Å². The average Bonchev–Trinajstić information content (AvgIpc) is 3.60. The van der Waals surface area contributed by atoms with E-state index in [-0.39, 0.29) is 55.4 Å². The van der Waals surface area contributed by atoms with Gasteiger partial charge in [-0.15, -0.1) is 0 Å². The van der Waals surface area contributed by atoms with Crippen LogP contribution >= 0.6 is 22.6 Å². The van der Waals surface area contributed by atoms with E-state index in [1.54, 1.807) is 0 Å². The first-order valence-corrected chi connectivity index (χ1v) is 19.0. The van der Waals surface area contributed by atoms with E-state index in [1.807, 2.05) is 0 Å². The molecule has 4 fully saturated rings. The predicted molar refractivity (Wildman–Crippen MR) is 181 cm³/mol. The molecule has 0 aromatic carbocycles. The Bertz CT molecular complexity index is 908. The van der Waals surface area contributed by atoms with Gasteiger partial charge < -0.3 is 33.7 Å². The van der Waals surface area contributed by atoms with Crippen molar-refractivity contribution in [3.8, 4) is 0 Å². The van der Waals surface area contributed by atoms with Crippen LogP contribution < -0.4 is 5.32 Å². The fourth-order valence-electron chi connectivity index (χ4n) is 7.24. The maximum Gasteiger partial charge on any atom is 0.325 e. The summed E-state index contributed by atoms with van der Waals surface area (Å²) < 4.78 is 36.8. The molecule has 0 aromatic heterocycles. The lowest BCUT2D eigenvalue weighted by molar-refractivity contribution is -0.194. The number of rotatable bonds is 18. The molecule has 4 rings (SSSR count). The Morgan fingerprint density at radius 1 is 1.02 bits per heavy atom. The molecular weight excluding hydrogens is 689 g/mol. The van der Waals surface area contributed by atoms with Crippen LogP contribution in [0.3, 0.4) is 0 Å². The van der Waals surface area contributed by atoms with Gasteiger partial charge in [0.15, 0.2) is 12.6 Å². The highest BCUT2D eigenvalue weighted by Gasteiger charge is 2.51. The monoisotopic (exact) mass is 747 g/mol. The number of fused-ring (bicyclic) bond motifs is 1. The number of carbonyl (C=O) groups excluding carboxylic acids is 2. The van der Waals surface area contributed by atoms with Crippen molar-refractivity contribution in [3.63, 3.8) is 0 Å². The normalized spacial score (nSPS) is 32.2. The van der Waals surface area contributed by atoms with Crippen LogP contribution in [-0.2, 0) is 38.0 Å². The zero-order chi connectivity index (χ0) is 32.0. The Kier molecular flexibility index (Phi) is 16.4. The molecule has 0 aromatic rings. The second-order valence-corrected chi connectivity index (χ2v) is 15.1. The minimum absolute atomic E-state index is 0.0198. The molecule has 9 nitrogen and oxygen atoms in total. The molecule has 4 unspecified atom stereocenters. The number of ether oxygens (including phenoxy) is 6. The summed E-state index contributed by atoms with van der Waals surface area (Å²) in [5.41, 5.74) is 0. The highest BCUT2D eigenvalue weighted by Crippen LogP contribution is 2.48. The van der Waals surface area contributed by atoms with Crippen LogP contribution in [0.1, 0.15) is 110 Å². The summed E-state index contributed by atoms with van der Waals surface area (Å²) in [6.45, 7) is 6.07. The van der Waals surface area contributed by atoms with Gasteiger partial charge in [0.1, 0.15) is 6.54 Å². The second-order valence-electron chi connectivity index (χ2n) is 13.5. The SMILES string of the molecule is CCCC[C@H](C)C[C@H](/C=C/[C@@H]1[C@H]2CC(C(I)CCCC(=O)NCC(=O)OC)O[C@@H]2C[C@H]1OC1CCCCO1)OC1CCCCO1. The zero-order valence-corrected chi connectivity index (χ0v) is 30.0. The first kappa shape index (κ1) is 37.0. The van der Waals surface area contributed by atoms with Gasteiger partial charge in [0, 0.05) is 35.9 Å². The Morgan fingerprint density at radius 3 is 2.47 bits per heavy atom. The van der Waals surface area contributed by atoms with E-state index < -0.39 is 5.97 Å². The highest BCUT2D eigenvalue weighted by molar-refractivity contribution is 14.1. The molecule has 1 amide bonds. The molecule has 45 heavy (non-hydrogen) atoms. The van der Waals surface area contributed by atoms with Crippen LogP contribution in [-0.4, -0.2) is 79.7 Å². The third-order valence-corrected chi connectivity index (χ3v) is 11.3. The number of amides is 1. The van der Waals surface area contributed by atoms with E-state index >= 15 is 0 Å². The lowest BCUT2D eigenvalue weighted by atomic mass is 9.88. The summed E-state index contributed by atoms with van der Waals surface area (Å²) >= 11 is 2.50. The van der Waals surface area contributed by atoms with Gasteiger partial charge >= 0.3 is 5.97 Å². The summed E-state index contributed by atoms with van der Waals surface area (Å²) in [6.07, 6.45) is 19.8. The molecule has 1 saturated carbocycles. The van der Waals surface area contributed by atoms with E-state index in [1.165, 1.54) is 26.4 Å². The number of hydrogen-bond acceptors (Lipinski definition) is 8. The molecule has 0 radical (unpaired) electrons. The summed E-state index contributed by atoms with van der Waals surface area (Å²) in [5, 5.41) is 2.63. The van der Waals surface area contributed by atoms with Crippen LogP contribution in [0.5, 0.6) is 0 Å². The number of hydrogen-bond donors (Lipinski definition) is 1. The van der Waals surface area contributed by atoms with Crippen molar-refractivity contribution >= 4 is 34.5 Å². The Morgan fingerprint density at radius 2 is 1.78 bits per heavy atom. The first-order valence-electron chi connectivity index (χ1n) is 17.7. The molecule has 4 aliphatic rings. The molecule has 3 saturated heterocycles. The molecule has 10 atom stereocenters. The van der Waals surface area contributed by atoms with Gasteiger partial charge in [-0.25, -0.2) is 0 Å². The lowest BCUT2D eigenvalue weighted by Gasteiger charge is -2.30. The topological polar surface area (TPSA) is 102 Å². The molecule has 3 aliphatic heterocycles. The molecule has 0 spiro atoms. The minimum Gasteiger partial charge on any atom is -0.468 e. The van der Waals surface area contributed by atoms with Gasteiger partial charge in [-0.1, -0.05) is 67.9 Å². The Balaban J connectivity index is 1.38. The van der Waals surface area contributed by atoms with Crippen LogP contribution in [0.15, 0.2) is 12.2 Å². The number of esters is 1. The third-order valence-electron chi connectivity index (χ3n) is 9.83. The number of alkyl halides is 1. The largest absolute Gasteiger partial charge is 0.468 e. The summed E-state index contributed by atoms with van der Waals surface area (Å²) in [5.74, 6) is 0.645. The number of methoxy groups -OCH3 is 1. The fourth-order valence-corrected chi connectivity index (χ4v) is 8.15. The Hall–Kier alpha value is -0.790. The fraction of sp³-hybridized carbons (Fsp3) is 0.886. The number of unbranched alkanes of at least 4 members (excludes halogenated alkanes) is 1. The third kappa shape index (κ3) is 12.3.